The molecule has 0 radical (unpaired) electrons. The molecule has 0 saturated heterocycles. The molecule has 2 unspecified atom stereocenters. The summed E-state index contributed by atoms with van der Waals surface area (Å²) < 4.78 is 5.12. The summed E-state index contributed by atoms with van der Waals surface area (Å²) in [4.78, 5) is 12.4. The summed E-state index contributed by atoms with van der Waals surface area (Å²) in [5.74, 6) is 1.03. The maximum atomic E-state index is 12.4. The molecule has 1 saturated carbocycles. The molecule has 0 heterocycles. The molecule has 0 spiro atoms. The van der Waals surface area contributed by atoms with Crippen LogP contribution in [0, 0.1) is 18.8 Å². The quantitative estimate of drug-likeness (QED) is 0.846. The number of hydrogen-bond donors (Lipinski definition) is 1. The van der Waals surface area contributed by atoms with Crippen molar-refractivity contribution in [2.45, 2.75) is 52.0 Å². The van der Waals surface area contributed by atoms with Crippen molar-refractivity contribution in [3.8, 4) is 0 Å². The number of ether oxygens (including phenoxy) is 1. The zero-order chi connectivity index (χ0) is 15.5. The number of anilines is 1. The van der Waals surface area contributed by atoms with E-state index in [1.807, 2.05) is 12.1 Å². The minimum absolute atomic E-state index is 0.131. The van der Waals surface area contributed by atoms with E-state index in [1.54, 1.807) is 0 Å². The molecule has 2 rings (SSSR count). The fourth-order valence-corrected chi connectivity index (χ4v) is 3.35. The molecule has 1 aromatic carbocycles. The summed E-state index contributed by atoms with van der Waals surface area (Å²) in [6.07, 6.45) is 3.96. The van der Waals surface area contributed by atoms with Crippen molar-refractivity contribution in [3.05, 3.63) is 29.8 Å². The molecular formula is C18H27NO2. The van der Waals surface area contributed by atoms with Gasteiger partial charge in [0.1, 0.15) is 5.54 Å². The first-order valence-corrected chi connectivity index (χ1v) is 7.90. The van der Waals surface area contributed by atoms with Gasteiger partial charge in [0.2, 0.25) is 0 Å². The highest BCUT2D eigenvalue weighted by Gasteiger charge is 2.44. The van der Waals surface area contributed by atoms with E-state index in [4.69, 9.17) is 4.74 Å². The molecular weight excluding hydrogens is 262 g/mol. The largest absolute Gasteiger partial charge is 0.467 e. The first-order valence-electron chi connectivity index (χ1n) is 7.90. The molecule has 21 heavy (non-hydrogen) atoms. The van der Waals surface area contributed by atoms with Crippen LogP contribution in [0.5, 0.6) is 0 Å². The van der Waals surface area contributed by atoms with Gasteiger partial charge in [-0.2, -0.15) is 0 Å². The summed E-state index contributed by atoms with van der Waals surface area (Å²) in [6, 6.07) is 8.21. The van der Waals surface area contributed by atoms with Crippen LogP contribution in [0.4, 0.5) is 5.69 Å². The van der Waals surface area contributed by atoms with E-state index < -0.39 is 5.54 Å². The minimum Gasteiger partial charge on any atom is -0.467 e. The predicted molar refractivity (Wildman–Crippen MR) is 86.3 cm³/mol. The zero-order valence-electron chi connectivity index (χ0n) is 13.6. The van der Waals surface area contributed by atoms with Crippen LogP contribution in [0.2, 0.25) is 0 Å². The Bertz CT molecular complexity index is 480. The molecule has 0 bridgehead atoms. The van der Waals surface area contributed by atoms with E-state index in [1.165, 1.54) is 19.1 Å². The van der Waals surface area contributed by atoms with Crippen LogP contribution in [0.3, 0.4) is 0 Å². The lowest BCUT2D eigenvalue weighted by Crippen LogP contribution is -2.51. The second-order valence-electron chi connectivity index (χ2n) is 6.67. The highest BCUT2D eigenvalue weighted by atomic mass is 16.5. The second-order valence-corrected chi connectivity index (χ2v) is 6.67. The molecule has 3 nitrogen and oxygen atoms in total. The van der Waals surface area contributed by atoms with Crippen LogP contribution in [0.25, 0.3) is 0 Å². The third-order valence-electron chi connectivity index (χ3n) is 4.74. The Morgan fingerprint density at radius 2 is 2.00 bits per heavy atom. The Morgan fingerprint density at radius 3 is 2.57 bits per heavy atom. The van der Waals surface area contributed by atoms with Crippen molar-refractivity contribution in [2.75, 3.05) is 12.4 Å². The fourth-order valence-electron chi connectivity index (χ4n) is 3.35. The van der Waals surface area contributed by atoms with Gasteiger partial charge in [-0.25, -0.2) is 4.79 Å². The van der Waals surface area contributed by atoms with Crippen LogP contribution < -0.4 is 5.32 Å². The fraction of sp³-hybridized carbons (Fsp3) is 0.611. The summed E-state index contributed by atoms with van der Waals surface area (Å²) >= 11 is 0. The lowest BCUT2D eigenvalue weighted by Gasteiger charge is -2.41. The normalized spacial score (nSPS) is 25.7. The second kappa shape index (κ2) is 6.50. The molecule has 3 heteroatoms. The van der Waals surface area contributed by atoms with Gasteiger partial charge in [-0.1, -0.05) is 38.0 Å². The Hall–Kier alpha value is -1.51. The van der Waals surface area contributed by atoms with Crippen LogP contribution in [-0.4, -0.2) is 18.6 Å². The molecule has 1 aromatic rings. The van der Waals surface area contributed by atoms with Crippen molar-refractivity contribution in [3.63, 3.8) is 0 Å². The Kier molecular flexibility index (Phi) is 4.92. The number of benzene rings is 1. The first-order chi connectivity index (χ1) is 9.97. The molecule has 1 fully saturated rings. The van der Waals surface area contributed by atoms with Gasteiger partial charge in [0, 0.05) is 5.69 Å². The van der Waals surface area contributed by atoms with Crippen LogP contribution in [0.15, 0.2) is 24.3 Å². The summed E-state index contributed by atoms with van der Waals surface area (Å²) in [5.41, 5.74) is 1.64. The number of methoxy groups -OCH3 is 1. The summed E-state index contributed by atoms with van der Waals surface area (Å²) in [5, 5.41) is 3.48. The van der Waals surface area contributed by atoms with Gasteiger partial charge in [-0.15, -0.1) is 0 Å². The average Bonchev–Trinajstić information content (AvgIpc) is 2.49. The number of carbonyl (C=O) groups is 1. The average molecular weight is 289 g/mol. The topological polar surface area (TPSA) is 38.3 Å². The van der Waals surface area contributed by atoms with Crippen molar-refractivity contribution in [2.24, 2.45) is 11.8 Å². The Balaban J connectivity index is 2.24. The van der Waals surface area contributed by atoms with Gasteiger partial charge in [-0.3, -0.25) is 0 Å². The van der Waals surface area contributed by atoms with E-state index in [-0.39, 0.29) is 5.97 Å². The lowest BCUT2D eigenvalue weighted by atomic mass is 9.71. The van der Waals surface area contributed by atoms with Crippen molar-refractivity contribution < 1.29 is 9.53 Å². The van der Waals surface area contributed by atoms with Gasteiger partial charge < -0.3 is 10.1 Å². The third-order valence-corrected chi connectivity index (χ3v) is 4.74. The molecule has 2 atom stereocenters. The third kappa shape index (κ3) is 3.58. The number of carbonyl (C=O) groups excluding carboxylic acids is 1. The van der Waals surface area contributed by atoms with Crippen LogP contribution in [0.1, 0.15) is 45.1 Å². The molecule has 1 aliphatic carbocycles. The van der Waals surface area contributed by atoms with Crippen molar-refractivity contribution >= 4 is 11.7 Å². The predicted octanol–water partition coefficient (Wildman–Crippen LogP) is 4.16. The lowest BCUT2D eigenvalue weighted by molar-refractivity contribution is -0.148. The van der Waals surface area contributed by atoms with Gasteiger partial charge in [0.05, 0.1) is 7.11 Å². The standard InChI is InChI=1S/C18H27NO2/c1-13(2)15-6-5-11-18(12-15,17(20)21-4)19-16-9-7-14(3)8-10-16/h7-10,13,15,19H,5-6,11-12H2,1-4H3. The maximum absolute atomic E-state index is 12.4. The first kappa shape index (κ1) is 15.9. The Labute approximate surface area is 128 Å². The molecule has 1 N–H and O–H groups in total. The number of esters is 1. The van der Waals surface area contributed by atoms with Gasteiger partial charge in [0.15, 0.2) is 0 Å². The smallest absolute Gasteiger partial charge is 0.331 e. The Morgan fingerprint density at radius 1 is 1.33 bits per heavy atom. The number of aryl methyl sites for hydroxylation is 1. The van der Waals surface area contributed by atoms with Gasteiger partial charge >= 0.3 is 5.97 Å². The summed E-state index contributed by atoms with van der Waals surface area (Å²) in [6.45, 7) is 6.54. The number of hydrogen-bond acceptors (Lipinski definition) is 3. The molecule has 116 valence electrons. The SMILES string of the molecule is COC(=O)C1(Nc2ccc(C)cc2)CCCC(C(C)C)C1. The minimum atomic E-state index is -0.572. The zero-order valence-corrected chi connectivity index (χ0v) is 13.6. The summed E-state index contributed by atoms with van der Waals surface area (Å²) in [7, 11) is 1.49. The molecule has 0 amide bonds. The number of nitrogens with one attached hydrogen (secondary N) is 1. The molecule has 1 aliphatic rings. The van der Waals surface area contributed by atoms with Crippen molar-refractivity contribution in [1.29, 1.82) is 0 Å². The molecule has 0 aliphatic heterocycles. The highest BCUT2D eigenvalue weighted by Crippen LogP contribution is 2.39. The number of rotatable bonds is 4. The van der Waals surface area contributed by atoms with Gasteiger partial charge in [0.25, 0.3) is 0 Å². The monoisotopic (exact) mass is 289 g/mol. The highest BCUT2D eigenvalue weighted by molar-refractivity contribution is 5.84. The molecule has 0 aromatic heterocycles. The van der Waals surface area contributed by atoms with E-state index >= 15 is 0 Å². The van der Waals surface area contributed by atoms with Crippen molar-refractivity contribution in [1.82, 2.24) is 0 Å². The maximum Gasteiger partial charge on any atom is 0.331 e. The van der Waals surface area contributed by atoms with E-state index in [0.717, 1.165) is 24.9 Å². The van der Waals surface area contributed by atoms with Gasteiger partial charge in [-0.05, 0) is 50.2 Å². The van der Waals surface area contributed by atoms with E-state index in [2.05, 4.69) is 38.2 Å². The van der Waals surface area contributed by atoms with E-state index in [9.17, 15) is 4.79 Å². The van der Waals surface area contributed by atoms with Crippen LogP contribution in [-0.2, 0) is 9.53 Å². The van der Waals surface area contributed by atoms with Crippen LogP contribution >= 0.6 is 0 Å². The van der Waals surface area contributed by atoms with E-state index in [0.29, 0.717) is 11.8 Å².